The second-order valence-corrected chi connectivity index (χ2v) is 5.65. The van der Waals surface area contributed by atoms with Crippen LogP contribution in [0.25, 0.3) is 0 Å². The zero-order valence-electron chi connectivity index (χ0n) is 9.62. The molecule has 3 N–H and O–H groups in total. The summed E-state index contributed by atoms with van der Waals surface area (Å²) in [5.41, 5.74) is 5.98. The lowest BCUT2D eigenvalue weighted by molar-refractivity contribution is 0.336. The summed E-state index contributed by atoms with van der Waals surface area (Å²) < 4.78 is 0. The Kier molecular flexibility index (Phi) is 5.19. The molecule has 3 nitrogen and oxygen atoms in total. The standard InChI is InChI=1S/C11H21N3S/c1-11(2,9-12)5-3-4-8-15-10-13-6-7-14-10/h6-7H,3-5,8-9,12H2,1-2H3,(H,13,14). The molecule has 0 amide bonds. The van der Waals surface area contributed by atoms with Gasteiger partial charge in [-0.2, -0.15) is 0 Å². The zero-order chi connectivity index (χ0) is 11.1. The highest BCUT2D eigenvalue weighted by molar-refractivity contribution is 7.99. The van der Waals surface area contributed by atoms with E-state index in [1.54, 1.807) is 18.0 Å². The van der Waals surface area contributed by atoms with E-state index in [1.165, 1.54) is 19.3 Å². The minimum Gasteiger partial charge on any atom is -0.340 e. The summed E-state index contributed by atoms with van der Waals surface area (Å²) >= 11 is 1.79. The molecule has 0 atom stereocenters. The molecule has 0 saturated heterocycles. The van der Waals surface area contributed by atoms with Gasteiger partial charge in [-0.3, -0.25) is 0 Å². The molecule has 0 saturated carbocycles. The number of aromatic amines is 1. The van der Waals surface area contributed by atoms with E-state index in [9.17, 15) is 0 Å². The third-order valence-corrected chi connectivity index (χ3v) is 3.50. The van der Waals surface area contributed by atoms with Gasteiger partial charge in [0.25, 0.3) is 0 Å². The van der Waals surface area contributed by atoms with Crippen molar-refractivity contribution < 1.29 is 0 Å². The van der Waals surface area contributed by atoms with Gasteiger partial charge in [0, 0.05) is 18.1 Å². The molecule has 0 aliphatic heterocycles. The van der Waals surface area contributed by atoms with Crippen LogP contribution in [0.1, 0.15) is 33.1 Å². The number of H-pyrrole nitrogens is 1. The molecule has 0 aliphatic carbocycles. The zero-order valence-corrected chi connectivity index (χ0v) is 10.4. The first-order valence-corrected chi connectivity index (χ1v) is 6.45. The highest BCUT2D eigenvalue weighted by Gasteiger charge is 2.14. The molecule has 4 heteroatoms. The van der Waals surface area contributed by atoms with Crippen LogP contribution in [0.15, 0.2) is 17.6 Å². The molecule has 0 bridgehead atoms. The SMILES string of the molecule is CC(C)(CN)CCCCSc1ncc[nH]1. The van der Waals surface area contributed by atoms with Crippen molar-refractivity contribution in [2.45, 2.75) is 38.3 Å². The van der Waals surface area contributed by atoms with Crippen LogP contribution in [0.5, 0.6) is 0 Å². The van der Waals surface area contributed by atoms with Crippen molar-refractivity contribution in [2.24, 2.45) is 11.1 Å². The molecular weight excluding hydrogens is 206 g/mol. The number of hydrogen-bond acceptors (Lipinski definition) is 3. The van der Waals surface area contributed by atoms with Crippen molar-refractivity contribution in [1.29, 1.82) is 0 Å². The van der Waals surface area contributed by atoms with Gasteiger partial charge >= 0.3 is 0 Å². The minimum absolute atomic E-state index is 0.301. The Morgan fingerprint density at radius 3 is 2.87 bits per heavy atom. The van der Waals surface area contributed by atoms with Crippen LogP contribution >= 0.6 is 11.8 Å². The lowest BCUT2D eigenvalue weighted by atomic mass is 9.88. The first kappa shape index (κ1) is 12.6. The van der Waals surface area contributed by atoms with E-state index in [0.717, 1.165) is 17.5 Å². The van der Waals surface area contributed by atoms with E-state index >= 15 is 0 Å². The van der Waals surface area contributed by atoms with Gasteiger partial charge in [0.05, 0.1) is 0 Å². The summed E-state index contributed by atoms with van der Waals surface area (Å²) in [5, 5.41) is 1.02. The van der Waals surface area contributed by atoms with Crippen LogP contribution in [0.3, 0.4) is 0 Å². The molecular formula is C11H21N3S. The van der Waals surface area contributed by atoms with E-state index in [4.69, 9.17) is 5.73 Å². The van der Waals surface area contributed by atoms with Crippen molar-refractivity contribution >= 4 is 11.8 Å². The van der Waals surface area contributed by atoms with Gasteiger partial charge in [0.1, 0.15) is 0 Å². The molecule has 0 spiro atoms. The lowest BCUT2D eigenvalue weighted by Gasteiger charge is -2.21. The number of rotatable bonds is 7. The number of aromatic nitrogens is 2. The second kappa shape index (κ2) is 6.18. The average Bonchev–Trinajstić information content (AvgIpc) is 2.70. The van der Waals surface area contributed by atoms with Crippen LogP contribution in [0.2, 0.25) is 0 Å². The Balaban J connectivity index is 2.03. The normalized spacial score (nSPS) is 11.9. The van der Waals surface area contributed by atoms with Gasteiger partial charge in [-0.05, 0) is 24.8 Å². The summed E-state index contributed by atoms with van der Waals surface area (Å²) in [7, 11) is 0. The molecule has 1 rings (SSSR count). The Morgan fingerprint density at radius 2 is 2.27 bits per heavy atom. The van der Waals surface area contributed by atoms with Crippen molar-refractivity contribution in [3.05, 3.63) is 12.4 Å². The largest absolute Gasteiger partial charge is 0.340 e. The van der Waals surface area contributed by atoms with Crippen LogP contribution in [0, 0.1) is 5.41 Å². The summed E-state index contributed by atoms with van der Waals surface area (Å²) in [5.74, 6) is 1.13. The third-order valence-electron chi connectivity index (χ3n) is 2.51. The number of imidazole rings is 1. The Bertz CT molecular complexity index is 257. The Hall–Kier alpha value is -0.480. The highest BCUT2D eigenvalue weighted by Crippen LogP contribution is 2.22. The quantitative estimate of drug-likeness (QED) is 0.556. The fourth-order valence-corrected chi connectivity index (χ4v) is 2.13. The highest BCUT2D eigenvalue weighted by atomic mass is 32.2. The van der Waals surface area contributed by atoms with E-state index < -0.39 is 0 Å². The van der Waals surface area contributed by atoms with Crippen LogP contribution in [0.4, 0.5) is 0 Å². The van der Waals surface area contributed by atoms with E-state index in [2.05, 4.69) is 23.8 Å². The predicted molar refractivity (Wildman–Crippen MR) is 66.0 cm³/mol. The smallest absolute Gasteiger partial charge is 0.165 e. The van der Waals surface area contributed by atoms with Gasteiger partial charge < -0.3 is 10.7 Å². The van der Waals surface area contributed by atoms with Gasteiger partial charge in [-0.25, -0.2) is 4.98 Å². The van der Waals surface area contributed by atoms with Crippen LogP contribution in [-0.4, -0.2) is 22.3 Å². The second-order valence-electron chi connectivity index (χ2n) is 4.57. The summed E-state index contributed by atoms with van der Waals surface area (Å²) in [6.07, 6.45) is 7.34. The number of nitrogens with zero attached hydrogens (tertiary/aromatic N) is 1. The van der Waals surface area contributed by atoms with E-state index in [1.807, 2.05) is 6.20 Å². The van der Waals surface area contributed by atoms with Crippen LogP contribution in [-0.2, 0) is 0 Å². The van der Waals surface area contributed by atoms with Gasteiger partial charge in [-0.15, -0.1) is 0 Å². The molecule has 1 aromatic rings. The maximum Gasteiger partial charge on any atom is 0.165 e. The fraction of sp³-hybridized carbons (Fsp3) is 0.727. The Labute approximate surface area is 96.2 Å². The summed E-state index contributed by atoms with van der Waals surface area (Å²) in [6.45, 7) is 5.23. The maximum absolute atomic E-state index is 5.68. The van der Waals surface area contributed by atoms with Crippen molar-refractivity contribution in [2.75, 3.05) is 12.3 Å². The third kappa shape index (κ3) is 5.23. The Morgan fingerprint density at radius 1 is 1.47 bits per heavy atom. The van der Waals surface area contributed by atoms with E-state index in [-0.39, 0.29) is 0 Å². The lowest BCUT2D eigenvalue weighted by Crippen LogP contribution is -2.23. The van der Waals surface area contributed by atoms with Crippen molar-refractivity contribution in [1.82, 2.24) is 9.97 Å². The molecule has 0 aromatic carbocycles. The topological polar surface area (TPSA) is 54.7 Å². The molecule has 86 valence electrons. The van der Waals surface area contributed by atoms with Crippen LogP contribution < -0.4 is 5.73 Å². The first-order chi connectivity index (χ1) is 7.14. The molecule has 0 radical (unpaired) electrons. The number of nitrogens with two attached hydrogens (primary N) is 1. The number of hydrogen-bond donors (Lipinski definition) is 2. The average molecular weight is 227 g/mol. The van der Waals surface area contributed by atoms with Gasteiger partial charge in [-0.1, -0.05) is 32.0 Å². The molecule has 15 heavy (non-hydrogen) atoms. The first-order valence-electron chi connectivity index (χ1n) is 5.46. The summed E-state index contributed by atoms with van der Waals surface area (Å²) in [4.78, 5) is 7.25. The van der Waals surface area contributed by atoms with Gasteiger partial charge in [0.2, 0.25) is 0 Å². The monoisotopic (exact) mass is 227 g/mol. The predicted octanol–water partition coefficient (Wildman–Crippen LogP) is 2.66. The molecule has 0 unspecified atom stereocenters. The maximum atomic E-state index is 5.68. The minimum atomic E-state index is 0.301. The molecule has 0 aliphatic rings. The molecule has 0 fully saturated rings. The number of nitrogens with one attached hydrogen (secondary N) is 1. The number of unbranched alkanes of at least 4 members (excludes halogenated alkanes) is 1. The van der Waals surface area contributed by atoms with Crippen molar-refractivity contribution in [3.63, 3.8) is 0 Å². The van der Waals surface area contributed by atoms with Crippen molar-refractivity contribution in [3.8, 4) is 0 Å². The van der Waals surface area contributed by atoms with Gasteiger partial charge in [0.15, 0.2) is 5.16 Å². The molecule has 1 heterocycles. The fourth-order valence-electron chi connectivity index (χ4n) is 1.31. The number of thioether (sulfide) groups is 1. The summed E-state index contributed by atoms with van der Waals surface area (Å²) in [6, 6.07) is 0. The molecule has 1 aromatic heterocycles. The van der Waals surface area contributed by atoms with E-state index in [0.29, 0.717) is 5.41 Å².